The summed E-state index contributed by atoms with van der Waals surface area (Å²) in [4.78, 5) is 12.3. The van der Waals surface area contributed by atoms with Crippen LogP contribution in [-0.4, -0.2) is 11.9 Å². The highest BCUT2D eigenvalue weighted by Crippen LogP contribution is 2.27. The Morgan fingerprint density at radius 1 is 1.16 bits per heavy atom. The van der Waals surface area contributed by atoms with Gasteiger partial charge in [0, 0.05) is 24.1 Å². The second-order valence-electron chi connectivity index (χ2n) is 6.51. The van der Waals surface area contributed by atoms with Crippen LogP contribution in [0, 0.1) is 12.8 Å². The average molecular weight is 361 g/mol. The van der Waals surface area contributed by atoms with Crippen LogP contribution in [0.1, 0.15) is 30.4 Å². The van der Waals surface area contributed by atoms with E-state index < -0.39 is 0 Å². The van der Waals surface area contributed by atoms with Gasteiger partial charge in [-0.1, -0.05) is 35.9 Å². The minimum Gasteiger partial charge on any atom is -0.457 e. The highest BCUT2D eigenvalue weighted by Gasteiger charge is 2.27. The van der Waals surface area contributed by atoms with Crippen molar-refractivity contribution in [3.05, 3.63) is 59.7 Å². The molecule has 2 unspecified atom stereocenters. The Morgan fingerprint density at radius 3 is 2.56 bits per heavy atom. The van der Waals surface area contributed by atoms with Crippen molar-refractivity contribution in [1.29, 1.82) is 0 Å². The SMILES string of the molecule is Cc1ccc(Oc2ccccc2CNC(=O)C2CCC(N)C2)cc1.Cl. The molecule has 0 heterocycles. The number of rotatable bonds is 5. The summed E-state index contributed by atoms with van der Waals surface area (Å²) in [6.07, 6.45) is 2.60. The minimum absolute atomic E-state index is 0. The predicted octanol–water partition coefficient (Wildman–Crippen LogP) is 3.95. The molecule has 2 aromatic carbocycles. The van der Waals surface area contributed by atoms with Gasteiger partial charge in [0.25, 0.3) is 0 Å². The van der Waals surface area contributed by atoms with E-state index in [9.17, 15) is 4.79 Å². The van der Waals surface area contributed by atoms with Gasteiger partial charge < -0.3 is 15.8 Å². The van der Waals surface area contributed by atoms with Crippen LogP contribution in [0.15, 0.2) is 48.5 Å². The Labute approximate surface area is 155 Å². The molecule has 1 aliphatic carbocycles. The molecule has 1 amide bonds. The average Bonchev–Trinajstić information content (AvgIpc) is 3.02. The fourth-order valence-electron chi connectivity index (χ4n) is 3.06. The molecule has 2 atom stereocenters. The summed E-state index contributed by atoms with van der Waals surface area (Å²) in [5.41, 5.74) is 8.05. The van der Waals surface area contributed by atoms with Crippen LogP contribution >= 0.6 is 12.4 Å². The van der Waals surface area contributed by atoms with Crippen molar-refractivity contribution < 1.29 is 9.53 Å². The van der Waals surface area contributed by atoms with Crippen LogP contribution < -0.4 is 15.8 Å². The zero-order valence-electron chi connectivity index (χ0n) is 14.4. The smallest absolute Gasteiger partial charge is 0.223 e. The molecule has 1 aliphatic rings. The van der Waals surface area contributed by atoms with E-state index in [1.807, 2.05) is 55.5 Å². The molecule has 1 saturated carbocycles. The van der Waals surface area contributed by atoms with E-state index in [-0.39, 0.29) is 30.3 Å². The third-order valence-electron chi connectivity index (χ3n) is 4.52. The number of hydrogen-bond acceptors (Lipinski definition) is 3. The molecule has 0 spiro atoms. The monoisotopic (exact) mass is 360 g/mol. The quantitative estimate of drug-likeness (QED) is 0.848. The van der Waals surface area contributed by atoms with Crippen molar-refractivity contribution in [2.24, 2.45) is 11.7 Å². The zero-order chi connectivity index (χ0) is 16.9. The number of benzene rings is 2. The van der Waals surface area contributed by atoms with Crippen LogP contribution in [0.2, 0.25) is 0 Å². The number of hydrogen-bond donors (Lipinski definition) is 2. The molecule has 3 rings (SSSR count). The van der Waals surface area contributed by atoms with E-state index >= 15 is 0 Å². The predicted molar refractivity (Wildman–Crippen MR) is 102 cm³/mol. The summed E-state index contributed by atoms with van der Waals surface area (Å²) in [6, 6.07) is 15.9. The summed E-state index contributed by atoms with van der Waals surface area (Å²) in [5.74, 6) is 1.70. The molecule has 25 heavy (non-hydrogen) atoms. The molecule has 1 fully saturated rings. The third kappa shape index (κ3) is 5.21. The lowest BCUT2D eigenvalue weighted by Gasteiger charge is -2.14. The Hall–Kier alpha value is -2.04. The van der Waals surface area contributed by atoms with Crippen molar-refractivity contribution in [2.75, 3.05) is 0 Å². The van der Waals surface area contributed by atoms with E-state index in [2.05, 4.69) is 5.32 Å². The molecule has 4 nitrogen and oxygen atoms in total. The lowest BCUT2D eigenvalue weighted by Crippen LogP contribution is -2.30. The summed E-state index contributed by atoms with van der Waals surface area (Å²) in [7, 11) is 0. The Balaban J connectivity index is 0.00000225. The van der Waals surface area contributed by atoms with Gasteiger partial charge in [-0.3, -0.25) is 4.79 Å². The molecule has 3 N–H and O–H groups in total. The van der Waals surface area contributed by atoms with Crippen LogP contribution in [0.3, 0.4) is 0 Å². The molecule has 0 radical (unpaired) electrons. The Morgan fingerprint density at radius 2 is 1.88 bits per heavy atom. The van der Waals surface area contributed by atoms with Gasteiger partial charge in [0.2, 0.25) is 5.91 Å². The molecule has 5 heteroatoms. The van der Waals surface area contributed by atoms with Crippen molar-refractivity contribution in [3.8, 4) is 11.5 Å². The van der Waals surface area contributed by atoms with Gasteiger partial charge in [-0.25, -0.2) is 0 Å². The molecule has 0 aliphatic heterocycles. The molecule has 0 aromatic heterocycles. The maximum atomic E-state index is 12.3. The summed E-state index contributed by atoms with van der Waals surface area (Å²) >= 11 is 0. The molecule has 2 aromatic rings. The van der Waals surface area contributed by atoms with Crippen LogP contribution in [0.25, 0.3) is 0 Å². The number of nitrogens with two attached hydrogens (primary N) is 1. The van der Waals surface area contributed by atoms with Gasteiger partial charge in [-0.15, -0.1) is 12.4 Å². The van der Waals surface area contributed by atoms with E-state index in [4.69, 9.17) is 10.5 Å². The second kappa shape index (κ2) is 8.88. The minimum atomic E-state index is 0. The van der Waals surface area contributed by atoms with E-state index in [0.717, 1.165) is 36.3 Å². The first-order chi connectivity index (χ1) is 11.6. The maximum Gasteiger partial charge on any atom is 0.223 e. The lowest BCUT2D eigenvalue weighted by molar-refractivity contribution is -0.125. The van der Waals surface area contributed by atoms with Crippen LogP contribution in [0.5, 0.6) is 11.5 Å². The summed E-state index contributed by atoms with van der Waals surface area (Å²) in [6.45, 7) is 2.51. The molecule has 0 saturated heterocycles. The molecular formula is C20H25ClN2O2. The first-order valence-corrected chi connectivity index (χ1v) is 8.47. The Bertz CT molecular complexity index is 703. The highest BCUT2D eigenvalue weighted by molar-refractivity contribution is 5.85. The standard InChI is InChI=1S/C20H24N2O2.ClH/c1-14-6-10-18(11-7-14)24-19-5-3-2-4-16(19)13-22-20(23)15-8-9-17(21)12-15;/h2-7,10-11,15,17H,8-9,12-13,21H2,1H3,(H,22,23);1H. The topological polar surface area (TPSA) is 64.3 Å². The first kappa shape index (κ1) is 19.3. The van der Waals surface area contributed by atoms with Crippen molar-refractivity contribution in [3.63, 3.8) is 0 Å². The molecule has 0 bridgehead atoms. The van der Waals surface area contributed by atoms with Crippen LogP contribution in [-0.2, 0) is 11.3 Å². The van der Waals surface area contributed by atoms with Gasteiger partial charge in [0.15, 0.2) is 0 Å². The fourth-order valence-corrected chi connectivity index (χ4v) is 3.06. The highest BCUT2D eigenvalue weighted by atomic mass is 35.5. The number of aryl methyl sites for hydroxylation is 1. The van der Waals surface area contributed by atoms with E-state index in [1.54, 1.807) is 0 Å². The number of para-hydroxylation sites is 1. The first-order valence-electron chi connectivity index (χ1n) is 8.47. The largest absolute Gasteiger partial charge is 0.457 e. The number of carbonyl (C=O) groups is 1. The summed E-state index contributed by atoms with van der Waals surface area (Å²) in [5, 5.41) is 3.02. The second-order valence-corrected chi connectivity index (χ2v) is 6.51. The van der Waals surface area contributed by atoms with Gasteiger partial charge >= 0.3 is 0 Å². The normalized spacial score (nSPS) is 19.1. The fraction of sp³-hybridized carbons (Fsp3) is 0.350. The molecule has 134 valence electrons. The molecular weight excluding hydrogens is 336 g/mol. The van der Waals surface area contributed by atoms with Crippen molar-refractivity contribution in [2.45, 2.75) is 38.8 Å². The Kier molecular flexibility index (Phi) is 6.85. The van der Waals surface area contributed by atoms with Gasteiger partial charge in [0.05, 0.1) is 0 Å². The van der Waals surface area contributed by atoms with Gasteiger partial charge in [0.1, 0.15) is 11.5 Å². The third-order valence-corrected chi connectivity index (χ3v) is 4.52. The number of carbonyl (C=O) groups excluding carboxylic acids is 1. The van der Waals surface area contributed by atoms with E-state index in [0.29, 0.717) is 6.54 Å². The van der Waals surface area contributed by atoms with Gasteiger partial charge in [-0.05, 0) is 44.4 Å². The number of halogens is 1. The number of ether oxygens (including phenoxy) is 1. The van der Waals surface area contributed by atoms with Gasteiger partial charge in [-0.2, -0.15) is 0 Å². The number of amides is 1. The van der Waals surface area contributed by atoms with Crippen molar-refractivity contribution in [1.82, 2.24) is 5.32 Å². The van der Waals surface area contributed by atoms with E-state index in [1.165, 1.54) is 5.56 Å². The maximum absolute atomic E-state index is 12.3. The zero-order valence-corrected chi connectivity index (χ0v) is 15.2. The number of nitrogens with one attached hydrogen (secondary N) is 1. The summed E-state index contributed by atoms with van der Waals surface area (Å²) < 4.78 is 5.97. The van der Waals surface area contributed by atoms with Crippen LogP contribution in [0.4, 0.5) is 0 Å². The lowest BCUT2D eigenvalue weighted by atomic mass is 10.1. The van der Waals surface area contributed by atoms with Crippen molar-refractivity contribution >= 4 is 18.3 Å².